The van der Waals surface area contributed by atoms with Gasteiger partial charge in [0.15, 0.2) is 5.78 Å². The fourth-order valence-electron chi connectivity index (χ4n) is 2.68. The number of pyridine rings is 1. The number of nitrogens with zero attached hydrogens (tertiary/aromatic N) is 1. The molecule has 2 aromatic rings. The summed E-state index contributed by atoms with van der Waals surface area (Å²) in [6.45, 7) is 2.62. The van der Waals surface area contributed by atoms with Gasteiger partial charge in [-0.15, -0.1) is 0 Å². The molecule has 0 spiro atoms. The molecule has 0 fully saturated rings. The number of benzene rings is 1. The third-order valence-corrected chi connectivity index (χ3v) is 3.80. The number of carbonyl (C=O) groups excluding carboxylic acids is 1. The highest BCUT2D eigenvalue weighted by Crippen LogP contribution is 2.30. The number of carbonyl (C=O) groups is 1. The summed E-state index contributed by atoms with van der Waals surface area (Å²) in [5, 5.41) is 0. The van der Waals surface area contributed by atoms with Crippen LogP contribution in [0.15, 0.2) is 42.7 Å². The van der Waals surface area contributed by atoms with E-state index in [9.17, 15) is 4.79 Å². The Bertz CT molecular complexity index is 636. The third-order valence-electron chi connectivity index (χ3n) is 3.80. The molecule has 0 aliphatic carbocycles. The lowest BCUT2D eigenvalue weighted by Gasteiger charge is -2.25. The maximum atomic E-state index is 12.4. The largest absolute Gasteiger partial charge is 0.373 e. The fraction of sp³-hybridized carbons (Fsp3) is 0.294. The van der Waals surface area contributed by atoms with Crippen LogP contribution >= 0.6 is 0 Å². The quantitative estimate of drug-likeness (QED) is 0.801. The summed E-state index contributed by atoms with van der Waals surface area (Å²) in [6.07, 6.45) is 4.52. The molecular formula is C17H17NO2. The molecule has 1 aliphatic heterocycles. The van der Waals surface area contributed by atoms with Crippen molar-refractivity contribution in [3.63, 3.8) is 0 Å². The number of hydrogen-bond acceptors (Lipinski definition) is 3. The number of Topliss-reactive ketones (excluding diaryl/α,β-unsaturated/α-hetero) is 1. The number of ether oxygens (including phenoxy) is 1. The number of hydrogen-bond donors (Lipinski definition) is 0. The molecule has 0 N–H and O–H groups in total. The van der Waals surface area contributed by atoms with Gasteiger partial charge in [-0.2, -0.15) is 0 Å². The lowest BCUT2D eigenvalue weighted by Crippen LogP contribution is -2.19. The molecule has 0 saturated heterocycles. The number of aryl methyl sites for hydroxylation is 1. The van der Waals surface area contributed by atoms with E-state index in [0.717, 1.165) is 17.5 Å². The highest BCUT2D eigenvalue weighted by atomic mass is 16.5. The predicted octanol–water partition coefficient (Wildman–Crippen LogP) is 3.28. The molecule has 0 amide bonds. The van der Waals surface area contributed by atoms with E-state index in [1.807, 2.05) is 25.1 Å². The second-order valence-corrected chi connectivity index (χ2v) is 5.13. The molecule has 1 aliphatic rings. The van der Waals surface area contributed by atoms with Gasteiger partial charge in [-0.25, -0.2) is 0 Å². The van der Waals surface area contributed by atoms with Gasteiger partial charge in [-0.1, -0.05) is 24.3 Å². The Morgan fingerprint density at radius 3 is 3.05 bits per heavy atom. The Labute approximate surface area is 118 Å². The average Bonchev–Trinajstić information content (AvgIpc) is 2.48. The van der Waals surface area contributed by atoms with Gasteiger partial charge in [0.25, 0.3) is 0 Å². The molecule has 0 bridgehead atoms. The standard InChI is InChI=1S/C17H17NO2/c1-12-6-8-18-11-15(12)16(19)10-17-14-5-3-2-4-13(14)7-9-20-17/h2-6,8,11,17H,7,9-10H2,1H3. The smallest absolute Gasteiger partial charge is 0.167 e. The predicted molar refractivity (Wildman–Crippen MR) is 76.8 cm³/mol. The highest BCUT2D eigenvalue weighted by molar-refractivity contribution is 5.97. The minimum atomic E-state index is -0.132. The Hall–Kier alpha value is -2.00. The monoisotopic (exact) mass is 267 g/mol. The zero-order valence-corrected chi connectivity index (χ0v) is 11.5. The summed E-state index contributed by atoms with van der Waals surface area (Å²) in [5.74, 6) is 0.0947. The molecule has 3 nitrogen and oxygen atoms in total. The Morgan fingerprint density at radius 1 is 1.35 bits per heavy atom. The summed E-state index contributed by atoms with van der Waals surface area (Å²) in [6, 6.07) is 10.1. The molecule has 1 atom stereocenters. The van der Waals surface area contributed by atoms with Crippen molar-refractivity contribution in [2.75, 3.05) is 6.61 Å². The number of rotatable bonds is 3. The van der Waals surface area contributed by atoms with E-state index in [1.54, 1.807) is 12.4 Å². The summed E-state index contributed by atoms with van der Waals surface area (Å²) in [7, 11) is 0. The van der Waals surface area contributed by atoms with Gasteiger partial charge in [-0.3, -0.25) is 9.78 Å². The zero-order valence-electron chi connectivity index (χ0n) is 11.5. The van der Waals surface area contributed by atoms with Crippen LogP contribution in [0.5, 0.6) is 0 Å². The zero-order chi connectivity index (χ0) is 13.9. The first-order valence-electron chi connectivity index (χ1n) is 6.89. The van der Waals surface area contributed by atoms with Crippen molar-refractivity contribution < 1.29 is 9.53 Å². The molecule has 1 aromatic heterocycles. The van der Waals surface area contributed by atoms with Crippen molar-refractivity contribution in [2.45, 2.75) is 25.9 Å². The van der Waals surface area contributed by atoms with Gasteiger partial charge in [0.05, 0.1) is 12.7 Å². The Balaban J connectivity index is 1.83. The topological polar surface area (TPSA) is 39.2 Å². The first kappa shape index (κ1) is 13.0. The molecule has 3 heteroatoms. The van der Waals surface area contributed by atoms with Crippen molar-refractivity contribution >= 4 is 5.78 Å². The second-order valence-electron chi connectivity index (χ2n) is 5.13. The van der Waals surface area contributed by atoms with Crippen LogP contribution in [-0.4, -0.2) is 17.4 Å². The lowest BCUT2D eigenvalue weighted by molar-refractivity contribution is 0.0351. The van der Waals surface area contributed by atoms with E-state index in [0.29, 0.717) is 18.6 Å². The van der Waals surface area contributed by atoms with Gasteiger partial charge in [0, 0.05) is 24.4 Å². The van der Waals surface area contributed by atoms with Crippen molar-refractivity contribution in [1.82, 2.24) is 4.98 Å². The van der Waals surface area contributed by atoms with Gasteiger partial charge in [0.1, 0.15) is 0 Å². The third kappa shape index (κ3) is 2.49. The van der Waals surface area contributed by atoms with E-state index in [-0.39, 0.29) is 11.9 Å². The Morgan fingerprint density at radius 2 is 2.20 bits per heavy atom. The summed E-state index contributed by atoms with van der Waals surface area (Å²) >= 11 is 0. The maximum Gasteiger partial charge on any atom is 0.167 e. The first-order chi connectivity index (χ1) is 9.75. The maximum absolute atomic E-state index is 12.4. The number of aromatic nitrogens is 1. The number of fused-ring (bicyclic) bond motifs is 1. The SMILES string of the molecule is Cc1ccncc1C(=O)CC1OCCc2ccccc21. The fourth-order valence-corrected chi connectivity index (χ4v) is 2.68. The molecule has 1 aromatic carbocycles. The first-order valence-corrected chi connectivity index (χ1v) is 6.89. The van der Waals surface area contributed by atoms with E-state index in [1.165, 1.54) is 5.56 Å². The average molecular weight is 267 g/mol. The van der Waals surface area contributed by atoms with Crippen molar-refractivity contribution in [3.8, 4) is 0 Å². The van der Waals surface area contributed by atoms with E-state index < -0.39 is 0 Å². The van der Waals surface area contributed by atoms with Crippen molar-refractivity contribution in [1.29, 1.82) is 0 Å². The van der Waals surface area contributed by atoms with Gasteiger partial charge in [-0.05, 0) is 36.1 Å². The van der Waals surface area contributed by atoms with Crippen LogP contribution in [0.3, 0.4) is 0 Å². The lowest BCUT2D eigenvalue weighted by atomic mass is 9.93. The molecule has 1 unspecified atom stereocenters. The van der Waals surface area contributed by atoms with Gasteiger partial charge in [0.2, 0.25) is 0 Å². The van der Waals surface area contributed by atoms with Gasteiger partial charge >= 0.3 is 0 Å². The van der Waals surface area contributed by atoms with Crippen molar-refractivity contribution in [3.05, 3.63) is 65.0 Å². The van der Waals surface area contributed by atoms with Crippen LogP contribution in [-0.2, 0) is 11.2 Å². The van der Waals surface area contributed by atoms with Crippen LogP contribution < -0.4 is 0 Å². The van der Waals surface area contributed by atoms with Crippen molar-refractivity contribution in [2.24, 2.45) is 0 Å². The van der Waals surface area contributed by atoms with Crippen LogP contribution in [0.4, 0.5) is 0 Å². The molecular weight excluding hydrogens is 250 g/mol. The van der Waals surface area contributed by atoms with Gasteiger partial charge < -0.3 is 4.74 Å². The highest BCUT2D eigenvalue weighted by Gasteiger charge is 2.24. The van der Waals surface area contributed by atoms with E-state index >= 15 is 0 Å². The molecule has 0 saturated carbocycles. The molecule has 0 radical (unpaired) electrons. The minimum Gasteiger partial charge on any atom is -0.373 e. The minimum absolute atomic E-state index is 0.0947. The normalized spacial score (nSPS) is 17.6. The summed E-state index contributed by atoms with van der Waals surface area (Å²) in [5.41, 5.74) is 4.10. The van der Waals surface area contributed by atoms with Crippen LogP contribution in [0.1, 0.15) is 39.6 Å². The van der Waals surface area contributed by atoms with Crippen LogP contribution in [0, 0.1) is 6.92 Å². The summed E-state index contributed by atoms with van der Waals surface area (Å²) in [4.78, 5) is 16.5. The Kier molecular flexibility index (Phi) is 3.61. The van der Waals surface area contributed by atoms with E-state index in [2.05, 4.69) is 17.1 Å². The molecule has 102 valence electrons. The molecule has 20 heavy (non-hydrogen) atoms. The van der Waals surface area contributed by atoms with Crippen LogP contribution in [0.2, 0.25) is 0 Å². The molecule has 2 heterocycles. The number of ketones is 1. The summed E-state index contributed by atoms with van der Waals surface area (Å²) < 4.78 is 5.80. The van der Waals surface area contributed by atoms with Crippen LogP contribution in [0.25, 0.3) is 0 Å². The van der Waals surface area contributed by atoms with E-state index in [4.69, 9.17) is 4.74 Å². The second kappa shape index (κ2) is 5.55. The molecule has 3 rings (SSSR count).